The number of hydrogen-bond acceptors (Lipinski definition) is 5. The van der Waals surface area contributed by atoms with Crippen LogP contribution in [-0.2, 0) is 14.8 Å². The fourth-order valence-corrected chi connectivity index (χ4v) is 4.04. The third-order valence-corrected chi connectivity index (χ3v) is 5.68. The molecule has 1 aromatic rings. The SMILES string of the molecule is CCNc1ccc(S(=O)(=O)N2CCCC(C)(OC)C2)cn1. The maximum absolute atomic E-state index is 12.7. The molecule has 0 aliphatic carbocycles. The molecule has 118 valence electrons. The van der Waals surface area contributed by atoms with Gasteiger partial charge in [0.15, 0.2) is 0 Å². The molecule has 2 rings (SSSR count). The Morgan fingerprint density at radius 2 is 2.24 bits per heavy atom. The minimum atomic E-state index is -3.51. The lowest BCUT2D eigenvalue weighted by Gasteiger charge is -2.38. The Balaban J connectivity index is 2.21. The van der Waals surface area contributed by atoms with Crippen LogP contribution in [0.5, 0.6) is 0 Å². The summed E-state index contributed by atoms with van der Waals surface area (Å²) in [5.74, 6) is 0.678. The number of aromatic nitrogens is 1. The Bertz CT molecular complexity index is 574. The number of piperidine rings is 1. The molecule has 0 bridgehead atoms. The molecular weight excluding hydrogens is 290 g/mol. The molecule has 0 amide bonds. The van der Waals surface area contributed by atoms with Crippen LogP contribution in [-0.4, -0.2) is 50.1 Å². The Kier molecular flexibility index (Phi) is 4.85. The predicted octanol–water partition coefficient (Wildman–Crippen LogP) is 1.70. The molecule has 0 aromatic carbocycles. The van der Waals surface area contributed by atoms with E-state index in [1.54, 1.807) is 19.2 Å². The lowest BCUT2D eigenvalue weighted by atomic mass is 9.96. The number of nitrogens with zero attached hydrogens (tertiary/aromatic N) is 2. The van der Waals surface area contributed by atoms with E-state index in [0.29, 0.717) is 18.9 Å². The van der Waals surface area contributed by atoms with E-state index in [9.17, 15) is 8.42 Å². The van der Waals surface area contributed by atoms with Crippen molar-refractivity contribution in [2.75, 3.05) is 32.1 Å². The van der Waals surface area contributed by atoms with Gasteiger partial charge >= 0.3 is 0 Å². The summed E-state index contributed by atoms with van der Waals surface area (Å²) in [6.07, 6.45) is 3.08. The van der Waals surface area contributed by atoms with Gasteiger partial charge in [0.25, 0.3) is 0 Å². The van der Waals surface area contributed by atoms with Crippen molar-refractivity contribution < 1.29 is 13.2 Å². The summed E-state index contributed by atoms with van der Waals surface area (Å²) < 4.78 is 32.3. The van der Waals surface area contributed by atoms with E-state index in [1.165, 1.54) is 10.5 Å². The van der Waals surface area contributed by atoms with Crippen LogP contribution in [0, 0.1) is 0 Å². The molecule has 0 saturated carbocycles. The van der Waals surface area contributed by atoms with Crippen LogP contribution in [0.1, 0.15) is 26.7 Å². The Hall–Kier alpha value is -1.18. The van der Waals surface area contributed by atoms with Gasteiger partial charge in [-0.2, -0.15) is 4.31 Å². The Morgan fingerprint density at radius 1 is 1.48 bits per heavy atom. The maximum atomic E-state index is 12.7. The molecule has 1 fully saturated rings. The molecule has 6 nitrogen and oxygen atoms in total. The zero-order chi connectivity index (χ0) is 15.5. The first-order chi connectivity index (χ1) is 9.91. The highest BCUT2D eigenvalue weighted by Crippen LogP contribution is 2.28. The Morgan fingerprint density at radius 3 is 2.81 bits per heavy atom. The number of nitrogens with one attached hydrogen (secondary N) is 1. The average Bonchev–Trinajstić information content (AvgIpc) is 2.48. The van der Waals surface area contributed by atoms with Crippen LogP contribution in [0.25, 0.3) is 0 Å². The van der Waals surface area contributed by atoms with Crippen molar-refractivity contribution in [2.24, 2.45) is 0 Å². The van der Waals surface area contributed by atoms with Gasteiger partial charge in [0, 0.05) is 32.9 Å². The molecule has 21 heavy (non-hydrogen) atoms. The molecule has 1 aliphatic heterocycles. The van der Waals surface area contributed by atoms with E-state index < -0.39 is 15.6 Å². The van der Waals surface area contributed by atoms with Crippen molar-refractivity contribution in [3.63, 3.8) is 0 Å². The highest BCUT2D eigenvalue weighted by molar-refractivity contribution is 7.89. The highest BCUT2D eigenvalue weighted by atomic mass is 32.2. The van der Waals surface area contributed by atoms with Gasteiger partial charge in [0.2, 0.25) is 10.0 Å². The molecule has 1 aromatic heterocycles. The van der Waals surface area contributed by atoms with Gasteiger partial charge in [-0.25, -0.2) is 13.4 Å². The molecule has 1 N–H and O–H groups in total. The average molecular weight is 313 g/mol. The summed E-state index contributed by atoms with van der Waals surface area (Å²) in [7, 11) is -1.88. The van der Waals surface area contributed by atoms with E-state index in [2.05, 4.69) is 10.3 Å². The van der Waals surface area contributed by atoms with Crippen molar-refractivity contribution in [3.05, 3.63) is 18.3 Å². The van der Waals surface area contributed by atoms with Crippen LogP contribution < -0.4 is 5.32 Å². The molecule has 7 heteroatoms. The van der Waals surface area contributed by atoms with E-state index >= 15 is 0 Å². The van der Waals surface area contributed by atoms with Crippen molar-refractivity contribution in [3.8, 4) is 0 Å². The summed E-state index contributed by atoms with van der Waals surface area (Å²) in [6.45, 7) is 5.56. The van der Waals surface area contributed by atoms with Gasteiger partial charge in [-0.3, -0.25) is 0 Å². The summed E-state index contributed by atoms with van der Waals surface area (Å²) in [5, 5.41) is 3.05. The lowest BCUT2D eigenvalue weighted by molar-refractivity contribution is -0.0319. The van der Waals surface area contributed by atoms with Gasteiger partial charge in [-0.15, -0.1) is 0 Å². The third kappa shape index (κ3) is 3.53. The molecule has 1 atom stereocenters. The van der Waals surface area contributed by atoms with Crippen LogP contribution in [0.3, 0.4) is 0 Å². The number of rotatable bonds is 5. The number of sulfonamides is 1. The van der Waals surface area contributed by atoms with Gasteiger partial charge < -0.3 is 10.1 Å². The molecule has 1 aliphatic rings. The van der Waals surface area contributed by atoms with E-state index in [1.807, 2.05) is 13.8 Å². The number of methoxy groups -OCH3 is 1. The van der Waals surface area contributed by atoms with Crippen molar-refractivity contribution in [1.82, 2.24) is 9.29 Å². The van der Waals surface area contributed by atoms with Crippen LogP contribution in [0.4, 0.5) is 5.82 Å². The first-order valence-electron chi connectivity index (χ1n) is 7.16. The maximum Gasteiger partial charge on any atom is 0.244 e. The molecule has 2 heterocycles. The number of pyridine rings is 1. The number of ether oxygens (including phenoxy) is 1. The minimum absolute atomic E-state index is 0.226. The number of anilines is 1. The topological polar surface area (TPSA) is 71.5 Å². The van der Waals surface area contributed by atoms with Gasteiger partial charge in [0.1, 0.15) is 10.7 Å². The highest BCUT2D eigenvalue weighted by Gasteiger charge is 2.37. The zero-order valence-electron chi connectivity index (χ0n) is 12.8. The summed E-state index contributed by atoms with van der Waals surface area (Å²) >= 11 is 0. The predicted molar refractivity (Wildman–Crippen MR) is 81.8 cm³/mol. The van der Waals surface area contributed by atoms with E-state index in [-0.39, 0.29) is 4.90 Å². The monoisotopic (exact) mass is 313 g/mol. The largest absolute Gasteiger partial charge is 0.377 e. The Labute approximate surface area is 126 Å². The van der Waals surface area contributed by atoms with Crippen LogP contribution in [0.15, 0.2) is 23.2 Å². The van der Waals surface area contributed by atoms with Crippen LogP contribution >= 0.6 is 0 Å². The normalized spacial score (nSPS) is 24.0. The fourth-order valence-electron chi connectivity index (χ4n) is 2.50. The zero-order valence-corrected chi connectivity index (χ0v) is 13.6. The quantitative estimate of drug-likeness (QED) is 0.896. The molecular formula is C14H23N3O3S. The van der Waals surface area contributed by atoms with Crippen molar-refractivity contribution >= 4 is 15.8 Å². The second-order valence-electron chi connectivity index (χ2n) is 5.51. The second-order valence-corrected chi connectivity index (χ2v) is 7.44. The first kappa shape index (κ1) is 16.2. The lowest BCUT2D eigenvalue weighted by Crippen LogP contribution is -2.49. The third-order valence-electron chi connectivity index (χ3n) is 3.85. The van der Waals surface area contributed by atoms with Gasteiger partial charge in [0.05, 0.1) is 5.60 Å². The summed E-state index contributed by atoms with van der Waals surface area (Å²) in [6, 6.07) is 3.29. The molecule has 1 saturated heterocycles. The minimum Gasteiger partial charge on any atom is -0.377 e. The number of hydrogen-bond donors (Lipinski definition) is 1. The fraction of sp³-hybridized carbons (Fsp3) is 0.643. The summed E-state index contributed by atoms with van der Waals surface area (Å²) in [5.41, 5.74) is -0.414. The smallest absolute Gasteiger partial charge is 0.244 e. The molecule has 0 spiro atoms. The van der Waals surface area contributed by atoms with Gasteiger partial charge in [-0.05, 0) is 38.8 Å². The van der Waals surface area contributed by atoms with Crippen LogP contribution in [0.2, 0.25) is 0 Å². The van der Waals surface area contributed by atoms with Crippen molar-refractivity contribution in [2.45, 2.75) is 37.2 Å². The summed E-state index contributed by atoms with van der Waals surface area (Å²) in [4.78, 5) is 4.36. The molecule has 0 radical (unpaired) electrons. The van der Waals surface area contributed by atoms with Crippen molar-refractivity contribution in [1.29, 1.82) is 0 Å². The first-order valence-corrected chi connectivity index (χ1v) is 8.60. The van der Waals surface area contributed by atoms with Gasteiger partial charge in [-0.1, -0.05) is 0 Å². The molecule has 1 unspecified atom stereocenters. The second kappa shape index (κ2) is 6.29. The standard InChI is InChI=1S/C14H23N3O3S/c1-4-15-13-7-6-12(10-16-13)21(18,19)17-9-5-8-14(2,11-17)20-3/h6-7,10H,4-5,8-9,11H2,1-3H3,(H,15,16). The van der Waals surface area contributed by atoms with E-state index in [0.717, 1.165) is 19.4 Å². The van der Waals surface area contributed by atoms with E-state index in [4.69, 9.17) is 4.74 Å².